The zero-order chi connectivity index (χ0) is 14.6. The molecule has 108 valence electrons. The maximum Gasteiger partial charge on any atom is 0.0541 e. The molecular formula is C18H16Br2O. The van der Waals surface area contributed by atoms with E-state index in [9.17, 15) is 5.11 Å². The van der Waals surface area contributed by atoms with Crippen LogP contribution in [0.1, 0.15) is 36.8 Å². The van der Waals surface area contributed by atoms with Gasteiger partial charge < -0.3 is 5.11 Å². The van der Waals surface area contributed by atoms with Gasteiger partial charge in [-0.25, -0.2) is 0 Å². The molecule has 1 N–H and O–H groups in total. The van der Waals surface area contributed by atoms with Crippen LogP contribution in [0.15, 0.2) is 45.3 Å². The SMILES string of the molecule is OC1CCC2(CC1)c1cc(Br)ccc1-c1ccc(Br)cc12. The molecule has 0 bridgehead atoms. The van der Waals surface area contributed by atoms with Crippen LogP contribution < -0.4 is 0 Å². The Bertz CT molecular complexity index is 662. The molecule has 1 saturated carbocycles. The number of aliphatic hydroxyl groups excluding tert-OH is 1. The van der Waals surface area contributed by atoms with Gasteiger partial charge in [-0.2, -0.15) is 0 Å². The van der Waals surface area contributed by atoms with Gasteiger partial charge >= 0.3 is 0 Å². The maximum absolute atomic E-state index is 9.94. The van der Waals surface area contributed by atoms with Gasteiger partial charge in [-0.15, -0.1) is 0 Å². The first-order chi connectivity index (χ1) is 10.1. The summed E-state index contributed by atoms with van der Waals surface area (Å²) in [7, 11) is 0. The van der Waals surface area contributed by atoms with Crippen molar-refractivity contribution in [3.63, 3.8) is 0 Å². The number of hydrogen-bond donors (Lipinski definition) is 1. The molecule has 0 unspecified atom stereocenters. The molecule has 0 saturated heterocycles. The number of rotatable bonds is 0. The van der Waals surface area contributed by atoms with E-state index in [4.69, 9.17) is 0 Å². The highest BCUT2D eigenvalue weighted by Crippen LogP contribution is 2.56. The molecule has 2 aromatic rings. The Hall–Kier alpha value is -0.640. The Morgan fingerprint density at radius 1 is 0.857 bits per heavy atom. The molecule has 0 amide bonds. The van der Waals surface area contributed by atoms with Crippen molar-refractivity contribution in [1.29, 1.82) is 0 Å². The smallest absolute Gasteiger partial charge is 0.0541 e. The molecule has 2 aliphatic carbocycles. The van der Waals surface area contributed by atoms with Crippen molar-refractivity contribution in [2.24, 2.45) is 0 Å². The molecule has 21 heavy (non-hydrogen) atoms. The van der Waals surface area contributed by atoms with Crippen LogP contribution in [0.2, 0.25) is 0 Å². The normalized spacial score (nSPS) is 19.6. The highest BCUT2D eigenvalue weighted by atomic mass is 79.9. The third-order valence-electron chi connectivity index (χ3n) is 5.09. The molecule has 2 aromatic carbocycles. The fourth-order valence-corrected chi connectivity index (χ4v) is 4.80. The van der Waals surface area contributed by atoms with Crippen molar-refractivity contribution in [3.05, 3.63) is 56.5 Å². The van der Waals surface area contributed by atoms with Gasteiger partial charge in [-0.05, 0) is 72.2 Å². The molecular weight excluding hydrogens is 392 g/mol. The van der Waals surface area contributed by atoms with Gasteiger partial charge in [0, 0.05) is 14.4 Å². The number of halogens is 2. The average Bonchev–Trinajstić information content (AvgIpc) is 2.72. The summed E-state index contributed by atoms with van der Waals surface area (Å²) < 4.78 is 2.28. The second-order valence-corrected chi connectivity index (χ2v) is 8.02. The zero-order valence-electron chi connectivity index (χ0n) is 11.6. The van der Waals surface area contributed by atoms with Crippen molar-refractivity contribution in [3.8, 4) is 11.1 Å². The first-order valence-electron chi connectivity index (χ1n) is 7.39. The van der Waals surface area contributed by atoms with Crippen LogP contribution in [0.3, 0.4) is 0 Å². The summed E-state index contributed by atoms with van der Waals surface area (Å²) in [6, 6.07) is 13.3. The summed E-state index contributed by atoms with van der Waals surface area (Å²) in [5, 5.41) is 9.94. The quantitative estimate of drug-likeness (QED) is 0.618. The van der Waals surface area contributed by atoms with Crippen LogP contribution in [0.4, 0.5) is 0 Å². The lowest BCUT2D eigenvalue weighted by Gasteiger charge is -2.38. The summed E-state index contributed by atoms with van der Waals surface area (Å²) in [5.74, 6) is 0. The molecule has 0 heterocycles. The van der Waals surface area contributed by atoms with E-state index in [-0.39, 0.29) is 11.5 Å². The molecule has 0 atom stereocenters. The second-order valence-electron chi connectivity index (χ2n) is 6.19. The lowest BCUT2D eigenvalue weighted by atomic mass is 9.67. The topological polar surface area (TPSA) is 20.2 Å². The van der Waals surface area contributed by atoms with Gasteiger partial charge in [0.2, 0.25) is 0 Å². The standard InChI is InChI=1S/C18H16Br2O/c19-11-1-3-14-15-4-2-12(20)10-17(15)18(16(14)9-11)7-5-13(21)6-8-18/h1-4,9-10,13,21H,5-8H2. The van der Waals surface area contributed by atoms with E-state index < -0.39 is 0 Å². The van der Waals surface area contributed by atoms with Gasteiger partial charge in [0.1, 0.15) is 0 Å². The third kappa shape index (κ3) is 2.05. The average molecular weight is 408 g/mol. The van der Waals surface area contributed by atoms with Crippen molar-refractivity contribution >= 4 is 31.9 Å². The van der Waals surface area contributed by atoms with Gasteiger partial charge in [-0.3, -0.25) is 0 Å². The van der Waals surface area contributed by atoms with Crippen LogP contribution in [0.25, 0.3) is 11.1 Å². The minimum absolute atomic E-state index is 0.0808. The van der Waals surface area contributed by atoms with Crippen LogP contribution in [0.5, 0.6) is 0 Å². The van der Waals surface area contributed by atoms with E-state index in [1.807, 2.05) is 0 Å². The summed E-state index contributed by atoms with van der Waals surface area (Å²) in [6.07, 6.45) is 3.69. The summed E-state index contributed by atoms with van der Waals surface area (Å²) in [6.45, 7) is 0. The summed E-state index contributed by atoms with van der Waals surface area (Å²) in [5.41, 5.74) is 5.65. The van der Waals surface area contributed by atoms with Crippen molar-refractivity contribution < 1.29 is 5.11 Å². The van der Waals surface area contributed by atoms with Gasteiger partial charge in [0.05, 0.1) is 6.10 Å². The van der Waals surface area contributed by atoms with Gasteiger partial charge in [-0.1, -0.05) is 44.0 Å². The largest absolute Gasteiger partial charge is 0.393 e. The van der Waals surface area contributed by atoms with E-state index in [0.29, 0.717) is 0 Å². The number of benzene rings is 2. The van der Waals surface area contributed by atoms with Gasteiger partial charge in [0.25, 0.3) is 0 Å². The highest BCUT2D eigenvalue weighted by Gasteiger charge is 2.45. The Morgan fingerprint density at radius 3 is 1.81 bits per heavy atom. The Labute approximate surface area is 141 Å². The number of aliphatic hydroxyl groups is 1. The zero-order valence-corrected chi connectivity index (χ0v) is 14.7. The van der Waals surface area contributed by atoms with E-state index in [2.05, 4.69) is 68.3 Å². The highest BCUT2D eigenvalue weighted by molar-refractivity contribution is 9.10. The Morgan fingerprint density at radius 2 is 1.33 bits per heavy atom. The molecule has 0 aliphatic heterocycles. The fraction of sp³-hybridized carbons (Fsp3) is 0.333. The van der Waals surface area contributed by atoms with E-state index in [1.54, 1.807) is 0 Å². The fourth-order valence-electron chi connectivity index (χ4n) is 4.07. The maximum atomic E-state index is 9.94. The molecule has 3 heteroatoms. The number of hydrogen-bond acceptors (Lipinski definition) is 1. The van der Waals surface area contributed by atoms with Crippen molar-refractivity contribution in [2.75, 3.05) is 0 Å². The Balaban J connectivity index is 1.98. The van der Waals surface area contributed by atoms with Crippen molar-refractivity contribution in [2.45, 2.75) is 37.2 Å². The molecule has 1 fully saturated rings. The second kappa shape index (κ2) is 4.94. The van der Waals surface area contributed by atoms with E-state index in [0.717, 1.165) is 34.6 Å². The first kappa shape index (κ1) is 14.0. The Kier molecular flexibility index (Phi) is 3.29. The van der Waals surface area contributed by atoms with Crippen LogP contribution >= 0.6 is 31.9 Å². The number of fused-ring (bicyclic) bond motifs is 5. The molecule has 1 nitrogen and oxygen atoms in total. The predicted octanol–water partition coefficient (Wildman–Crippen LogP) is 5.41. The molecule has 0 aromatic heterocycles. The lowest BCUT2D eigenvalue weighted by Crippen LogP contribution is -2.33. The van der Waals surface area contributed by atoms with Crippen molar-refractivity contribution in [1.82, 2.24) is 0 Å². The molecule has 0 radical (unpaired) electrons. The summed E-state index contributed by atoms with van der Waals surface area (Å²) >= 11 is 7.25. The van der Waals surface area contributed by atoms with E-state index >= 15 is 0 Å². The van der Waals surface area contributed by atoms with Crippen LogP contribution in [-0.2, 0) is 5.41 Å². The molecule has 2 aliphatic rings. The monoisotopic (exact) mass is 406 g/mol. The first-order valence-corrected chi connectivity index (χ1v) is 8.97. The minimum atomic E-state index is -0.137. The van der Waals surface area contributed by atoms with Crippen LogP contribution in [0, 0.1) is 0 Å². The lowest BCUT2D eigenvalue weighted by molar-refractivity contribution is 0.107. The van der Waals surface area contributed by atoms with Gasteiger partial charge in [0.15, 0.2) is 0 Å². The third-order valence-corrected chi connectivity index (χ3v) is 6.08. The molecule has 1 spiro atoms. The van der Waals surface area contributed by atoms with Crippen LogP contribution in [-0.4, -0.2) is 11.2 Å². The van der Waals surface area contributed by atoms with E-state index in [1.165, 1.54) is 22.3 Å². The minimum Gasteiger partial charge on any atom is -0.393 e. The molecule has 4 rings (SSSR count). The predicted molar refractivity (Wildman–Crippen MR) is 92.5 cm³/mol. The summed E-state index contributed by atoms with van der Waals surface area (Å²) in [4.78, 5) is 0.